The fourth-order valence-electron chi connectivity index (χ4n) is 2.21. The quantitative estimate of drug-likeness (QED) is 0.470. The van der Waals surface area contributed by atoms with E-state index < -0.39 is 10.3 Å². The predicted octanol–water partition coefficient (Wildman–Crippen LogP) is 2.70. The van der Waals surface area contributed by atoms with Crippen molar-refractivity contribution in [3.8, 4) is 0 Å². The van der Waals surface area contributed by atoms with Crippen LogP contribution in [-0.4, -0.2) is 36.1 Å². The summed E-state index contributed by atoms with van der Waals surface area (Å²) in [5.41, 5.74) is -0.201. The van der Waals surface area contributed by atoms with Crippen molar-refractivity contribution in [2.24, 2.45) is 5.41 Å². The van der Waals surface area contributed by atoms with E-state index in [1.165, 1.54) is 6.07 Å². The molecule has 1 aromatic carbocycles. The molecule has 7 nitrogen and oxygen atoms in total. The SMILES string of the molecule is CC(C)(C)C(=O)OC1CNCC1Nc1ccc(Br)cc1[N+](=O)[O-]. The lowest BCUT2D eigenvalue weighted by Crippen LogP contribution is -2.38. The van der Waals surface area contributed by atoms with Gasteiger partial charge in [-0.1, -0.05) is 15.9 Å². The van der Waals surface area contributed by atoms with Crippen LogP contribution in [0.2, 0.25) is 0 Å². The van der Waals surface area contributed by atoms with E-state index in [0.717, 1.165) is 0 Å². The number of hydrogen-bond acceptors (Lipinski definition) is 6. The number of ether oxygens (including phenoxy) is 1. The van der Waals surface area contributed by atoms with Crippen molar-refractivity contribution < 1.29 is 14.5 Å². The van der Waals surface area contributed by atoms with Crippen molar-refractivity contribution in [2.45, 2.75) is 32.9 Å². The van der Waals surface area contributed by atoms with Crippen LogP contribution in [0, 0.1) is 15.5 Å². The smallest absolute Gasteiger partial charge is 0.311 e. The van der Waals surface area contributed by atoms with Gasteiger partial charge >= 0.3 is 5.97 Å². The van der Waals surface area contributed by atoms with Gasteiger partial charge in [-0.3, -0.25) is 14.9 Å². The standard InChI is InChI=1S/C15H20BrN3O4/c1-15(2,3)14(20)23-13-8-17-7-11(13)18-10-5-4-9(16)6-12(10)19(21)22/h4-6,11,13,17-18H,7-8H2,1-3H3. The summed E-state index contributed by atoms with van der Waals surface area (Å²) in [4.78, 5) is 22.8. The maximum Gasteiger partial charge on any atom is 0.311 e. The molecule has 0 bridgehead atoms. The summed E-state index contributed by atoms with van der Waals surface area (Å²) in [5.74, 6) is -0.289. The minimum absolute atomic E-state index is 0.0211. The molecule has 0 aliphatic carbocycles. The average Bonchev–Trinajstić information content (AvgIpc) is 2.86. The maximum atomic E-state index is 12.0. The number of carbonyl (C=O) groups is 1. The Balaban J connectivity index is 2.13. The number of halogens is 1. The molecule has 2 N–H and O–H groups in total. The van der Waals surface area contributed by atoms with E-state index in [2.05, 4.69) is 26.6 Å². The molecular weight excluding hydrogens is 366 g/mol. The summed E-state index contributed by atoms with van der Waals surface area (Å²) < 4.78 is 6.18. The zero-order valence-corrected chi connectivity index (χ0v) is 14.8. The molecular formula is C15H20BrN3O4. The van der Waals surface area contributed by atoms with Gasteiger partial charge in [0.15, 0.2) is 0 Å². The van der Waals surface area contributed by atoms with Crippen LogP contribution in [0.5, 0.6) is 0 Å². The molecule has 0 aromatic heterocycles. The average molecular weight is 386 g/mol. The Hall–Kier alpha value is -1.67. The first-order chi connectivity index (χ1) is 10.7. The summed E-state index contributed by atoms with van der Waals surface area (Å²) in [6.07, 6.45) is -0.370. The molecule has 1 aliphatic heterocycles. The Morgan fingerprint density at radius 1 is 1.43 bits per heavy atom. The lowest BCUT2D eigenvalue weighted by Gasteiger charge is -2.25. The second-order valence-electron chi connectivity index (χ2n) is 6.52. The van der Waals surface area contributed by atoms with Crippen LogP contribution in [0.1, 0.15) is 20.8 Å². The van der Waals surface area contributed by atoms with Crippen molar-refractivity contribution in [2.75, 3.05) is 18.4 Å². The molecule has 126 valence electrons. The molecule has 1 aliphatic rings. The molecule has 1 aromatic rings. The third-order valence-electron chi connectivity index (χ3n) is 3.53. The molecule has 0 saturated carbocycles. The molecule has 1 heterocycles. The third-order valence-corrected chi connectivity index (χ3v) is 4.02. The van der Waals surface area contributed by atoms with Crippen molar-refractivity contribution in [3.63, 3.8) is 0 Å². The van der Waals surface area contributed by atoms with Crippen molar-refractivity contribution in [1.29, 1.82) is 0 Å². The van der Waals surface area contributed by atoms with E-state index >= 15 is 0 Å². The Labute approximate surface area is 143 Å². The highest BCUT2D eigenvalue weighted by Gasteiger charge is 2.34. The zero-order valence-electron chi connectivity index (χ0n) is 13.3. The summed E-state index contributed by atoms with van der Waals surface area (Å²) in [7, 11) is 0. The van der Waals surface area contributed by atoms with Crippen molar-refractivity contribution >= 4 is 33.3 Å². The van der Waals surface area contributed by atoms with Gasteiger partial charge in [0.1, 0.15) is 11.8 Å². The normalized spacial score (nSPS) is 21.0. The fourth-order valence-corrected chi connectivity index (χ4v) is 2.56. The van der Waals surface area contributed by atoms with Gasteiger partial charge in [-0.2, -0.15) is 0 Å². The summed E-state index contributed by atoms with van der Waals surface area (Å²) in [6, 6.07) is 4.60. The van der Waals surface area contributed by atoms with Crippen LogP contribution in [0.4, 0.5) is 11.4 Å². The van der Waals surface area contributed by atoms with E-state index in [0.29, 0.717) is 23.2 Å². The summed E-state index contributed by atoms with van der Waals surface area (Å²) in [6.45, 7) is 6.46. The molecule has 1 fully saturated rings. The van der Waals surface area contributed by atoms with E-state index in [1.54, 1.807) is 32.9 Å². The first-order valence-electron chi connectivity index (χ1n) is 7.31. The van der Waals surface area contributed by atoms with Crippen molar-refractivity contribution in [3.05, 3.63) is 32.8 Å². The molecule has 2 atom stereocenters. The van der Waals surface area contributed by atoms with Crippen LogP contribution in [-0.2, 0) is 9.53 Å². The Morgan fingerprint density at radius 2 is 2.13 bits per heavy atom. The van der Waals surface area contributed by atoms with Crippen LogP contribution in [0.3, 0.4) is 0 Å². The number of carbonyl (C=O) groups excluding carboxylic acids is 1. The minimum Gasteiger partial charge on any atom is -0.458 e. The molecule has 23 heavy (non-hydrogen) atoms. The molecule has 1 saturated heterocycles. The lowest BCUT2D eigenvalue weighted by atomic mass is 9.97. The van der Waals surface area contributed by atoms with Crippen LogP contribution >= 0.6 is 15.9 Å². The number of hydrogen-bond donors (Lipinski definition) is 2. The Bertz CT molecular complexity index is 615. The molecule has 0 spiro atoms. The van der Waals surface area contributed by atoms with Gasteiger partial charge in [0.25, 0.3) is 5.69 Å². The molecule has 0 radical (unpaired) electrons. The van der Waals surface area contributed by atoms with Gasteiger partial charge < -0.3 is 15.4 Å². The largest absolute Gasteiger partial charge is 0.458 e. The number of nitro benzene ring substituents is 1. The maximum absolute atomic E-state index is 12.0. The zero-order chi connectivity index (χ0) is 17.2. The second kappa shape index (κ2) is 6.84. The number of rotatable bonds is 4. The fraction of sp³-hybridized carbons (Fsp3) is 0.533. The highest BCUT2D eigenvalue weighted by molar-refractivity contribution is 9.10. The van der Waals surface area contributed by atoms with Gasteiger partial charge in [-0.05, 0) is 32.9 Å². The van der Waals surface area contributed by atoms with Gasteiger partial charge in [0, 0.05) is 23.6 Å². The first-order valence-corrected chi connectivity index (χ1v) is 8.10. The monoisotopic (exact) mass is 385 g/mol. The number of anilines is 1. The summed E-state index contributed by atoms with van der Waals surface area (Å²) >= 11 is 3.23. The van der Waals surface area contributed by atoms with Gasteiger partial charge in [0.2, 0.25) is 0 Å². The Morgan fingerprint density at radius 3 is 2.74 bits per heavy atom. The highest BCUT2D eigenvalue weighted by Crippen LogP contribution is 2.29. The number of nitro groups is 1. The molecule has 0 amide bonds. The van der Waals surface area contributed by atoms with E-state index in [4.69, 9.17) is 4.74 Å². The van der Waals surface area contributed by atoms with E-state index in [1.807, 2.05) is 0 Å². The first kappa shape index (κ1) is 17.7. The highest BCUT2D eigenvalue weighted by atomic mass is 79.9. The van der Waals surface area contributed by atoms with Crippen LogP contribution < -0.4 is 10.6 Å². The topological polar surface area (TPSA) is 93.5 Å². The predicted molar refractivity (Wildman–Crippen MR) is 90.4 cm³/mol. The molecule has 2 unspecified atom stereocenters. The van der Waals surface area contributed by atoms with E-state index in [-0.39, 0.29) is 23.8 Å². The number of nitrogens with one attached hydrogen (secondary N) is 2. The lowest BCUT2D eigenvalue weighted by molar-refractivity contribution is -0.384. The van der Waals surface area contributed by atoms with Gasteiger partial charge in [-0.25, -0.2) is 0 Å². The summed E-state index contributed by atoms with van der Waals surface area (Å²) in [5, 5.41) is 17.4. The number of esters is 1. The number of nitrogens with zero attached hydrogens (tertiary/aromatic N) is 1. The van der Waals surface area contributed by atoms with Crippen LogP contribution in [0.25, 0.3) is 0 Å². The van der Waals surface area contributed by atoms with Crippen molar-refractivity contribution in [1.82, 2.24) is 5.32 Å². The third kappa shape index (κ3) is 4.42. The van der Waals surface area contributed by atoms with Gasteiger partial charge in [-0.15, -0.1) is 0 Å². The van der Waals surface area contributed by atoms with Gasteiger partial charge in [0.05, 0.1) is 16.4 Å². The molecule has 8 heteroatoms. The van der Waals surface area contributed by atoms with Crippen LogP contribution in [0.15, 0.2) is 22.7 Å². The Kier molecular flexibility index (Phi) is 5.26. The van der Waals surface area contributed by atoms with E-state index in [9.17, 15) is 14.9 Å². The minimum atomic E-state index is -0.587. The second-order valence-corrected chi connectivity index (χ2v) is 7.44. The molecule has 2 rings (SSSR count). The number of benzene rings is 1.